The molecule has 4 heteroatoms. The van der Waals surface area contributed by atoms with Crippen molar-refractivity contribution >= 4 is 10.1 Å². The molecule has 0 radical (unpaired) electrons. The Hall–Kier alpha value is -0.350. The van der Waals surface area contributed by atoms with Crippen LogP contribution in [0.3, 0.4) is 0 Å². The van der Waals surface area contributed by atoms with Gasteiger partial charge in [0.05, 0.1) is 12.4 Å². The topological polar surface area (TPSA) is 43.4 Å². The van der Waals surface area contributed by atoms with E-state index in [0.717, 1.165) is 12.7 Å². The second kappa shape index (κ2) is 5.32. The van der Waals surface area contributed by atoms with Crippen molar-refractivity contribution in [1.82, 2.24) is 0 Å². The number of allylic oxidation sites excluding steroid dienone is 1. The maximum atomic E-state index is 10.6. The maximum absolute atomic E-state index is 10.6. The van der Waals surface area contributed by atoms with Crippen molar-refractivity contribution in [3.63, 3.8) is 0 Å². The molecule has 0 spiro atoms. The molecule has 0 saturated carbocycles. The first-order chi connectivity index (χ1) is 5.45. The molecular formula is C8H16O3S. The molecule has 0 fully saturated rings. The molecule has 0 aliphatic carbocycles. The molecule has 0 N–H and O–H groups in total. The third kappa shape index (κ3) is 7.75. The van der Waals surface area contributed by atoms with Crippen LogP contribution in [0.15, 0.2) is 12.2 Å². The monoisotopic (exact) mass is 192 g/mol. The van der Waals surface area contributed by atoms with E-state index in [2.05, 4.69) is 0 Å². The van der Waals surface area contributed by atoms with Crippen LogP contribution in [0.4, 0.5) is 0 Å². The fraction of sp³-hybridized carbons (Fsp3) is 0.750. The minimum absolute atomic E-state index is 0.261. The molecule has 3 nitrogen and oxygen atoms in total. The van der Waals surface area contributed by atoms with E-state index in [9.17, 15) is 8.42 Å². The molecule has 0 aliphatic rings. The Labute approximate surface area is 74.6 Å². The highest BCUT2D eigenvalue weighted by atomic mass is 32.2. The summed E-state index contributed by atoms with van der Waals surface area (Å²) in [6.07, 6.45) is 6.32. The lowest BCUT2D eigenvalue weighted by Crippen LogP contribution is -2.12. The molecular weight excluding hydrogens is 176 g/mol. The van der Waals surface area contributed by atoms with E-state index in [-0.39, 0.29) is 6.10 Å². The lowest BCUT2D eigenvalue weighted by molar-refractivity contribution is 0.235. The van der Waals surface area contributed by atoms with Crippen LogP contribution in [0.5, 0.6) is 0 Å². The van der Waals surface area contributed by atoms with Gasteiger partial charge in [0.2, 0.25) is 0 Å². The molecule has 0 aromatic heterocycles. The van der Waals surface area contributed by atoms with Crippen molar-refractivity contribution in [2.45, 2.75) is 32.8 Å². The summed E-state index contributed by atoms with van der Waals surface area (Å²) in [6.45, 7) is 3.76. The summed E-state index contributed by atoms with van der Waals surface area (Å²) >= 11 is 0. The number of hydrogen-bond acceptors (Lipinski definition) is 3. The largest absolute Gasteiger partial charge is 0.267 e. The Balaban J connectivity index is 3.75. The first-order valence-corrected chi connectivity index (χ1v) is 5.80. The summed E-state index contributed by atoms with van der Waals surface area (Å²) in [5.74, 6) is 0. The minimum atomic E-state index is -3.29. The first-order valence-electron chi connectivity index (χ1n) is 3.99. The summed E-state index contributed by atoms with van der Waals surface area (Å²) in [5, 5.41) is 0. The molecule has 0 amide bonds. The van der Waals surface area contributed by atoms with Crippen LogP contribution < -0.4 is 0 Å². The number of hydrogen-bond donors (Lipinski definition) is 0. The highest BCUT2D eigenvalue weighted by Crippen LogP contribution is 2.02. The quantitative estimate of drug-likeness (QED) is 0.492. The van der Waals surface area contributed by atoms with Crippen LogP contribution in [0, 0.1) is 0 Å². The maximum Gasteiger partial charge on any atom is 0.264 e. The zero-order chi connectivity index (χ0) is 9.61. The van der Waals surface area contributed by atoms with Crippen molar-refractivity contribution < 1.29 is 12.6 Å². The normalized spacial score (nSPS) is 15.2. The van der Waals surface area contributed by atoms with Crippen LogP contribution in [0.25, 0.3) is 0 Å². The van der Waals surface area contributed by atoms with Crippen molar-refractivity contribution in [3.05, 3.63) is 12.2 Å². The van der Waals surface area contributed by atoms with E-state index in [1.807, 2.05) is 19.1 Å². The van der Waals surface area contributed by atoms with Gasteiger partial charge in [-0.25, -0.2) is 0 Å². The Morgan fingerprint density at radius 3 is 2.42 bits per heavy atom. The van der Waals surface area contributed by atoms with Crippen LogP contribution >= 0.6 is 0 Å². The van der Waals surface area contributed by atoms with Crippen LogP contribution in [0.1, 0.15) is 26.7 Å². The molecule has 0 rings (SSSR count). The number of rotatable bonds is 5. The second-order valence-electron chi connectivity index (χ2n) is 2.73. The smallest absolute Gasteiger partial charge is 0.264 e. The van der Waals surface area contributed by atoms with Gasteiger partial charge in [-0.2, -0.15) is 8.42 Å². The van der Waals surface area contributed by atoms with Gasteiger partial charge >= 0.3 is 0 Å². The van der Waals surface area contributed by atoms with E-state index in [0.29, 0.717) is 6.42 Å². The summed E-state index contributed by atoms with van der Waals surface area (Å²) in [5.41, 5.74) is 0. The van der Waals surface area contributed by atoms with Gasteiger partial charge < -0.3 is 0 Å². The third-order valence-corrected chi connectivity index (χ3v) is 1.89. The molecule has 0 aliphatic heterocycles. The van der Waals surface area contributed by atoms with Gasteiger partial charge in [-0.1, -0.05) is 19.1 Å². The zero-order valence-corrected chi connectivity index (χ0v) is 8.60. The van der Waals surface area contributed by atoms with Gasteiger partial charge in [0.25, 0.3) is 10.1 Å². The molecule has 0 bridgehead atoms. The molecule has 0 heterocycles. The van der Waals surface area contributed by atoms with Crippen molar-refractivity contribution in [2.24, 2.45) is 0 Å². The van der Waals surface area contributed by atoms with Crippen molar-refractivity contribution in [2.75, 3.05) is 6.26 Å². The van der Waals surface area contributed by atoms with Crippen LogP contribution in [0.2, 0.25) is 0 Å². The second-order valence-corrected chi connectivity index (χ2v) is 4.33. The average Bonchev–Trinajstić information content (AvgIpc) is 1.84. The van der Waals surface area contributed by atoms with E-state index in [4.69, 9.17) is 4.18 Å². The van der Waals surface area contributed by atoms with Crippen molar-refractivity contribution in [1.29, 1.82) is 0 Å². The summed E-state index contributed by atoms with van der Waals surface area (Å²) in [6, 6.07) is 0. The molecule has 12 heavy (non-hydrogen) atoms. The molecule has 1 atom stereocenters. The fourth-order valence-electron chi connectivity index (χ4n) is 0.792. The van der Waals surface area contributed by atoms with E-state index in [1.165, 1.54) is 0 Å². The Bertz CT molecular complexity index is 229. The Kier molecular flexibility index (Phi) is 5.17. The van der Waals surface area contributed by atoms with Gasteiger partial charge in [-0.15, -0.1) is 0 Å². The first kappa shape index (κ1) is 11.6. The van der Waals surface area contributed by atoms with E-state index < -0.39 is 10.1 Å². The Morgan fingerprint density at radius 2 is 2.00 bits per heavy atom. The van der Waals surface area contributed by atoms with Gasteiger partial charge in [0.1, 0.15) is 0 Å². The Morgan fingerprint density at radius 1 is 1.42 bits per heavy atom. The lowest BCUT2D eigenvalue weighted by Gasteiger charge is -2.07. The van der Waals surface area contributed by atoms with Gasteiger partial charge in [0.15, 0.2) is 0 Å². The predicted octanol–water partition coefficient (Wildman–Crippen LogP) is 1.71. The molecule has 0 saturated heterocycles. The molecule has 72 valence electrons. The highest BCUT2D eigenvalue weighted by Gasteiger charge is 2.07. The standard InChI is InChI=1S/C8H16O3S/c1-4-5-6-7-8(2)11-12(3,9)10/h5-6,8H,4,7H2,1-3H3. The summed E-state index contributed by atoms with van der Waals surface area (Å²) in [4.78, 5) is 0. The highest BCUT2D eigenvalue weighted by molar-refractivity contribution is 7.86. The average molecular weight is 192 g/mol. The van der Waals surface area contributed by atoms with Crippen molar-refractivity contribution in [3.8, 4) is 0 Å². The molecule has 1 unspecified atom stereocenters. The van der Waals surface area contributed by atoms with E-state index in [1.54, 1.807) is 6.92 Å². The molecule has 0 aromatic rings. The third-order valence-electron chi connectivity index (χ3n) is 1.21. The summed E-state index contributed by atoms with van der Waals surface area (Å²) < 4.78 is 26.0. The zero-order valence-electron chi connectivity index (χ0n) is 7.78. The SMILES string of the molecule is CCC=CCC(C)OS(C)(=O)=O. The fourth-order valence-corrected chi connectivity index (χ4v) is 1.47. The van der Waals surface area contributed by atoms with Crippen LogP contribution in [-0.4, -0.2) is 20.8 Å². The lowest BCUT2D eigenvalue weighted by atomic mass is 10.2. The minimum Gasteiger partial charge on any atom is -0.267 e. The van der Waals surface area contributed by atoms with Gasteiger partial charge in [-0.3, -0.25) is 4.18 Å². The van der Waals surface area contributed by atoms with Gasteiger partial charge in [0, 0.05) is 0 Å². The summed E-state index contributed by atoms with van der Waals surface area (Å²) in [7, 11) is -3.29. The molecule has 0 aromatic carbocycles. The van der Waals surface area contributed by atoms with E-state index >= 15 is 0 Å². The predicted molar refractivity (Wildman–Crippen MR) is 49.4 cm³/mol. The van der Waals surface area contributed by atoms with Crippen LogP contribution in [-0.2, 0) is 14.3 Å². The van der Waals surface area contributed by atoms with Gasteiger partial charge in [-0.05, 0) is 19.8 Å².